The lowest BCUT2D eigenvalue weighted by Gasteiger charge is -2.31. The third-order valence-electron chi connectivity index (χ3n) is 7.03. The second-order valence-corrected chi connectivity index (χ2v) is 11.1. The summed E-state index contributed by atoms with van der Waals surface area (Å²) in [7, 11) is 5.36. The number of amides is 1. The van der Waals surface area contributed by atoms with Crippen molar-refractivity contribution in [1.82, 2.24) is 15.1 Å². The Balaban J connectivity index is 1.43. The molecule has 0 saturated carbocycles. The van der Waals surface area contributed by atoms with Crippen molar-refractivity contribution < 1.29 is 14.3 Å². The van der Waals surface area contributed by atoms with Gasteiger partial charge in [-0.25, -0.2) is 0 Å². The van der Waals surface area contributed by atoms with Crippen LogP contribution in [0.4, 0.5) is 5.69 Å². The predicted molar refractivity (Wildman–Crippen MR) is 163 cm³/mol. The molecule has 1 fully saturated rings. The monoisotopic (exact) mass is 582 g/mol. The standard InChI is InChI=1S/C31H36Cl2N4O3/c1-35(2)31(39)25-10-6-23(7-11-25)22-4-8-24(9-5-22)30(21-37-14-16-40-17-15-37)34-19-27(38)20-36(3)26-12-13-28(32)29(33)18-26/h4-13,18,30,34H,14-17,19-21H2,1-3H3. The Hall–Kier alpha value is -2.94. The number of halogens is 2. The topological polar surface area (TPSA) is 65.1 Å². The summed E-state index contributed by atoms with van der Waals surface area (Å²) >= 11 is 12.2. The van der Waals surface area contributed by atoms with Gasteiger partial charge < -0.3 is 19.9 Å². The van der Waals surface area contributed by atoms with Crippen LogP contribution in [0.3, 0.4) is 0 Å². The van der Waals surface area contributed by atoms with E-state index in [0.29, 0.717) is 28.8 Å². The van der Waals surface area contributed by atoms with E-state index in [9.17, 15) is 9.59 Å². The van der Waals surface area contributed by atoms with Crippen LogP contribution in [0.2, 0.25) is 10.0 Å². The number of nitrogens with zero attached hydrogens (tertiary/aromatic N) is 3. The molecule has 1 atom stereocenters. The molecular weight excluding hydrogens is 547 g/mol. The van der Waals surface area contributed by atoms with Crippen LogP contribution in [0.15, 0.2) is 66.7 Å². The van der Waals surface area contributed by atoms with Crippen molar-refractivity contribution in [1.29, 1.82) is 0 Å². The number of carbonyl (C=O) groups excluding carboxylic acids is 2. The van der Waals surface area contributed by atoms with Crippen molar-refractivity contribution in [2.75, 3.05) is 72.0 Å². The number of Topliss-reactive ketones (excluding diaryl/α,β-unsaturated/α-hetero) is 1. The van der Waals surface area contributed by atoms with E-state index in [2.05, 4.69) is 34.5 Å². The highest BCUT2D eigenvalue weighted by atomic mass is 35.5. The Morgan fingerprint density at radius 2 is 1.52 bits per heavy atom. The molecule has 1 aliphatic rings. The SMILES string of the molecule is CN(C)C(=O)c1ccc(-c2ccc(C(CN3CCOCC3)NCC(=O)CN(C)c3ccc(Cl)c(Cl)c3)cc2)cc1. The van der Waals surface area contributed by atoms with Gasteiger partial charge in [0.25, 0.3) is 5.91 Å². The normalized spacial score (nSPS) is 14.5. The molecule has 3 aromatic rings. The van der Waals surface area contributed by atoms with Gasteiger partial charge in [-0.15, -0.1) is 0 Å². The highest BCUT2D eigenvalue weighted by molar-refractivity contribution is 6.42. The van der Waals surface area contributed by atoms with Crippen molar-refractivity contribution in [2.45, 2.75) is 6.04 Å². The molecule has 212 valence electrons. The Bertz CT molecular complexity index is 1290. The van der Waals surface area contributed by atoms with Crippen molar-refractivity contribution in [2.24, 2.45) is 0 Å². The molecule has 40 heavy (non-hydrogen) atoms. The molecule has 9 heteroatoms. The fourth-order valence-corrected chi connectivity index (χ4v) is 4.96. The second kappa shape index (κ2) is 14.1. The van der Waals surface area contributed by atoms with E-state index in [1.54, 1.807) is 31.1 Å². The summed E-state index contributed by atoms with van der Waals surface area (Å²) < 4.78 is 5.52. The minimum Gasteiger partial charge on any atom is -0.379 e. The first-order valence-electron chi connectivity index (χ1n) is 13.3. The van der Waals surface area contributed by atoms with Gasteiger partial charge in [0, 0.05) is 58.1 Å². The van der Waals surface area contributed by atoms with Gasteiger partial charge in [-0.3, -0.25) is 14.5 Å². The molecule has 1 N–H and O–H groups in total. The van der Waals surface area contributed by atoms with E-state index >= 15 is 0 Å². The maximum absolute atomic E-state index is 12.9. The highest BCUT2D eigenvalue weighted by Crippen LogP contribution is 2.27. The molecule has 1 saturated heterocycles. The number of carbonyl (C=O) groups is 2. The van der Waals surface area contributed by atoms with Gasteiger partial charge in [0.05, 0.1) is 36.3 Å². The van der Waals surface area contributed by atoms with E-state index in [0.717, 1.165) is 42.0 Å². The van der Waals surface area contributed by atoms with Gasteiger partial charge in [0.2, 0.25) is 0 Å². The van der Waals surface area contributed by atoms with Crippen molar-refractivity contribution in [3.05, 3.63) is 87.9 Å². The van der Waals surface area contributed by atoms with Crippen LogP contribution in [-0.4, -0.2) is 88.6 Å². The van der Waals surface area contributed by atoms with Gasteiger partial charge in [0.1, 0.15) is 0 Å². The smallest absolute Gasteiger partial charge is 0.253 e. The number of morpholine rings is 1. The number of rotatable bonds is 11. The number of anilines is 1. The van der Waals surface area contributed by atoms with E-state index in [1.807, 2.05) is 42.3 Å². The summed E-state index contributed by atoms with van der Waals surface area (Å²) in [5, 5.41) is 4.45. The first kappa shape index (κ1) is 30.0. The van der Waals surface area contributed by atoms with Crippen LogP contribution in [0.1, 0.15) is 22.0 Å². The summed E-state index contributed by atoms with van der Waals surface area (Å²) in [5.74, 6) is 0.0566. The summed E-state index contributed by atoms with van der Waals surface area (Å²) in [6, 6.07) is 21.4. The number of nitrogens with one attached hydrogen (secondary N) is 1. The Morgan fingerprint density at radius 1 is 0.900 bits per heavy atom. The predicted octanol–water partition coefficient (Wildman–Crippen LogP) is 5.03. The molecule has 0 radical (unpaired) electrons. The van der Waals surface area contributed by atoms with E-state index in [4.69, 9.17) is 27.9 Å². The second-order valence-electron chi connectivity index (χ2n) is 10.2. The van der Waals surface area contributed by atoms with E-state index in [1.165, 1.54) is 0 Å². The average molecular weight is 584 g/mol. The van der Waals surface area contributed by atoms with Crippen LogP contribution in [0.5, 0.6) is 0 Å². The summed E-state index contributed by atoms with van der Waals surface area (Å²) in [5.41, 5.74) is 4.72. The Morgan fingerprint density at radius 3 is 2.12 bits per heavy atom. The zero-order chi connectivity index (χ0) is 28.6. The molecule has 1 aliphatic heterocycles. The third kappa shape index (κ3) is 8.05. The molecule has 7 nitrogen and oxygen atoms in total. The molecular formula is C31H36Cl2N4O3. The first-order chi connectivity index (χ1) is 19.2. The summed E-state index contributed by atoms with van der Waals surface area (Å²) in [6.45, 7) is 4.42. The Kier molecular flexibility index (Phi) is 10.6. The molecule has 1 amide bonds. The van der Waals surface area contributed by atoms with Crippen LogP contribution in [-0.2, 0) is 9.53 Å². The molecule has 4 rings (SSSR count). The minimum absolute atomic E-state index is 0.0170. The van der Waals surface area contributed by atoms with E-state index in [-0.39, 0.29) is 30.8 Å². The maximum atomic E-state index is 12.9. The fraction of sp³-hybridized carbons (Fsp3) is 0.355. The fourth-order valence-electron chi connectivity index (χ4n) is 4.67. The molecule has 1 heterocycles. The maximum Gasteiger partial charge on any atom is 0.253 e. The van der Waals surface area contributed by atoms with Gasteiger partial charge in [-0.05, 0) is 47.0 Å². The van der Waals surface area contributed by atoms with Gasteiger partial charge in [-0.1, -0.05) is 59.6 Å². The molecule has 0 aliphatic carbocycles. The van der Waals surface area contributed by atoms with E-state index < -0.39 is 0 Å². The quantitative estimate of drug-likeness (QED) is 0.342. The molecule has 1 unspecified atom stereocenters. The molecule has 0 spiro atoms. The number of likely N-dealkylation sites (N-methyl/N-ethyl adjacent to an activating group) is 1. The van der Waals surface area contributed by atoms with Gasteiger partial charge >= 0.3 is 0 Å². The minimum atomic E-state index is -0.0218. The van der Waals surface area contributed by atoms with Crippen LogP contribution in [0.25, 0.3) is 11.1 Å². The zero-order valence-corrected chi connectivity index (χ0v) is 24.7. The number of ketones is 1. The third-order valence-corrected chi connectivity index (χ3v) is 7.77. The molecule has 0 bridgehead atoms. The number of benzene rings is 3. The molecule has 0 aromatic heterocycles. The van der Waals surface area contributed by atoms with Crippen LogP contribution in [0, 0.1) is 0 Å². The van der Waals surface area contributed by atoms with Crippen molar-refractivity contribution >= 4 is 40.6 Å². The largest absolute Gasteiger partial charge is 0.379 e. The molecule has 3 aromatic carbocycles. The lowest BCUT2D eigenvalue weighted by Crippen LogP contribution is -2.43. The summed E-state index contributed by atoms with van der Waals surface area (Å²) in [6.07, 6.45) is 0. The van der Waals surface area contributed by atoms with Gasteiger partial charge in [-0.2, -0.15) is 0 Å². The van der Waals surface area contributed by atoms with Crippen LogP contribution < -0.4 is 10.2 Å². The number of ether oxygens (including phenoxy) is 1. The van der Waals surface area contributed by atoms with Crippen LogP contribution >= 0.6 is 23.2 Å². The van der Waals surface area contributed by atoms with Crippen molar-refractivity contribution in [3.8, 4) is 11.1 Å². The number of hydrogen-bond donors (Lipinski definition) is 1. The Labute approximate surface area is 246 Å². The zero-order valence-electron chi connectivity index (χ0n) is 23.2. The lowest BCUT2D eigenvalue weighted by atomic mass is 9.99. The van der Waals surface area contributed by atoms with Crippen molar-refractivity contribution in [3.63, 3.8) is 0 Å². The highest BCUT2D eigenvalue weighted by Gasteiger charge is 2.20. The number of hydrogen-bond acceptors (Lipinski definition) is 6. The van der Waals surface area contributed by atoms with Gasteiger partial charge in [0.15, 0.2) is 5.78 Å². The lowest BCUT2D eigenvalue weighted by molar-refractivity contribution is -0.117. The average Bonchev–Trinajstić information content (AvgIpc) is 2.97. The first-order valence-corrected chi connectivity index (χ1v) is 14.1. The summed E-state index contributed by atoms with van der Waals surface area (Å²) in [4.78, 5) is 31.0.